The predicted molar refractivity (Wildman–Crippen MR) is 95.3 cm³/mol. The number of benzene rings is 3. The largest absolute Gasteiger partial charge is 0.0614 e. The van der Waals surface area contributed by atoms with E-state index in [0.29, 0.717) is 0 Å². The predicted octanol–water partition coefficient (Wildman–Crippen LogP) is 5.87. The molecule has 0 N–H and O–H groups in total. The molecule has 0 radical (unpaired) electrons. The van der Waals surface area contributed by atoms with Crippen molar-refractivity contribution >= 4 is 0 Å². The van der Waals surface area contributed by atoms with E-state index in [0.717, 1.165) is 6.42 Å². The molecular weight excluding hydrogens is 264 g/mol. The molecule has 0 unspecified atom stereocenters. The van der Waals surface area contributed by atoms with Gasteiger partial charge in [-0.1, -0.05) is 72.3 Å². The molecule has 0 atom stereocenters. The Morgan fingerprint density at radius 2 is 1.23 bits per heavy atom. The minimum Gasteiger partial charge on any atom is -0.0614 e. The molecule has 0 aromatic heterocycles. The number of hydrogen-bond acceptors (Lipinski definition) is 0. The zero-order valence-electron chi connectivity index (χ0n) is 13.6. The van der Waals surface area contributed by atoms with Crippen LogP contribution in [0.25, 0.3) is 11.1 Å². The molecule has 0 bridgehead atoms. The summed E-state index contributed by atoms with van der Waals surface area (Å²) in [7, 11) is 0. The van der Waals surface area contributed by atoms with E-state index in [1.54, 1.807) is 0 Å². The topological polar surface area (TPSA) is 0 Å². The van der Waals surface area contributed by atoms with Crippen molar-refractivity contribution < 1.29 is 0 Å². The molecule has 0 aliphatic heterocycles. The quantitative estimate of drug-likeness (QED) is 0.565. The van der Waals surface area contributed by atoms with Crippen LogP contribution in [0.1, 0.15) is 27.8 Å². The Labute approximate surface area is 133 Å². The van der Waals surface area contributed by atoms with Crippen molar-refractivity contribution in [2.75, 3.05) is 0 Å². The Morgan fingerprint density at radius 3 is 1.86 bits per heavy atom. The Hall–Kier alpha value is -2.34. The van der Waals surface area contributed by atoms with Gasteiger partial charge in [0.25, 0.3) is 0 Å². The van der Waals surface area contributed by atoms with Crippen molar-refractivity contribution in [3.63, 3.8) is 0 Å². The van der Waals surface area contributed by atoms with Gasteiger partial charge in [-0.2, -0.15) is 0 Å². The summed E-state index contributed by atoms with van der Waals surface area (Å²) < 4.78 is 0. The lowest BCUT2D eigenvalue weighted by Gasteiger charge is -2.10. The van der Waals surface area contributed by atoms with Gasteiger partial charge in [0, 0.05) is 0 Å². The highest BCUT2D eigenvalue weighted by Gasteiger charge is 2.04. The average molecular weight is 286 g/mol. The zero-order chi connectivity index (χ0) is 15.5. The van der Waals surface area contributed by atoms with E-state index in [1.807, 2.05) is 0 Å². The van der Waals surface area contributed by atoms with E-state index in [4.69, 9.17) is 0 Å². The standard InChI is InChI=1S/C22H22/c1-16-7-9-19(10-8-16)15-20-11-13-21(14-12-20)22-6-4-5-17(2)18(22)3/h4-14H,15H2,1-3H3. The van der Waals surface area contributed by atoms with E-state index in [-0.39, 0.29) is 0 Å². The summed E-state index contributed by atoms with van der Waals surface area (Å²) in [5.41, 5.74) is 9.39. The highest BCUT2D eigenvalue weighted by molar-refractivity contribution is 5.68. The molecule has 0 fully saturated rings. The van der Waals surface area contributed by atoms with Gasteiger partial charge < -0.3 is 0 Å². The Bertz CT molecular complexity index is 762. The molecule has 3 rings (SSSR count). The Balaban J connectivity index is 1.83. The minimum absolute atomic E-state index is 0.993. The van der Waals surface area contributed by atoms with Gasteiger partial charge in [-0.15, -0.1) is 0 Å². The second-order valence-corrected chi connectivity index (χ2v) is 6.11. The monoisotopic (exact) mass is 286 g/mol. The summed E-state index contributed by atoms with van der Waals surface area (Å²) in [5, 5.41) is 0. The first-order valence-corrected chi connectivity index (χ1v) is 7.84. The first kappa shape index (κ1) is 14.6. The van der Waals surface area contributed by atoms with Crippen molar-refractivity contribution in [3.05, 3.63) is 94.5 Å². The molecule has 0 amide bonds. The van der Waals surface area contributed by atoms with Crippen LogP contribution in [0.3, 0.4) is 0 Å². The Morgan fingerprint density at radius 1 is 0.636 bits per heavy atom. The Kier molecular flexibility index (Phi) is 4.11. The van der Waals surface area contributed by atoms with E-state index in [2.05, 4.69) is 87.5 Å². The van der Waals surface area contributed by atoms with Crippen LogP contribution in [0, 0.1) is 20.8 Å². The molecule has 110 valence electrons. The molecule has 0 spiro atoms. The molecule has 3 aromatic carbocycles. The average Bonchev–Trinajstić information content (AvgIpc) is 2.53. The minimum atomic E-state index is 0.993. The third-order valence-electron chi connectivity index (χ3n) is 4.40. The summed E-state index contributed by atoms with van der Waals surface area (Å²) in [6.45, 7) is 6.50. The second-order valence-electron chi connectivity index (χ2n) is 6.11. The van der Waals surface area contributed by atoms with Crippen LogP contribution in [-0.2, 0) is 6.42 Å². The van der Waals surface area contributed by atoms with Gasteiger partial charge >= 0.3 is 0 Å². The van der Waals surface area contributed by atoms with Gasteiger partial charge in [0.05, 0.1) is 0 Å². The van der Waals surface area contributed by atoms with Crippen molar-refractivity contribution in [1.29, 1.82) is 0 Å². The van der Waals surface area contributed by atoms with Crippen molar-refractivity contribution in [2.24, 2.45) is 0 Å². The molecule has 22 heavy (non-hydrogen) atoms. The molecule has 0 saturated heterocycles. The van der Waals surface area contributed by atoms with Crippen molar-refractivity contribution in [1.82, 2.24) is 0 Å². The molecule has 0 aliphatic rings. The lowest BCUT2D eigenvalue weighted by molar-refractivity contribution is 1.19. The molecule has 3 aromatic rings. The maximum atomic E-state index is 2.25. The van der Waals surface area contributed by atoms with Gasteiger partial charge in [-0.25, -0.2) is 0 Å². The van der Waals surface area contributed by atoms with Crippen LogP contribution >= 0.6 is 0 Å². The molecule has 0 saturated carbocycles. The molecule has 0 heteroatoms. The third-order valence-corrected chi connectivity index (χ3v) is 4.40. The maximum absolute atomic E-state index is 2.25. The molecule has 0 nitrogen and oxygen atoms in total. The maximum Gasteiger partial charge on any atom is -0.00258 e. The van der Waals surface area contributed by atoms with E-state index >= 15 is 0 Å². The van der Waals surface area contributed by atoms with Gasteiger partial charge in [-0.3, -0.25) is 0 Å². The van der Waals surface area contributed by atoms with Crippen LogP contribution in [-0.4, -0.2) is 0 Å². The molecular formula is C22H22. The smallest absolute Gasteiger partial charge is 0.00258 e. The van der Waals surface area contributed by atoms with Crippen LogP contribution in [0.5, 0.6) is 0 Å². The normalized spacial score (nSPS) is 10.7. The fourth-order valence-corrected chi connectivity index (χ4v) is 2.81. The highest BCUT2D eigenvalue weighted by atomic mass is 14.1. The van der Waals surface area contributed by atoms with Crippen LogP contribution in [0.2, 0.25) is 0 Å². The van der Waals surface area contributed by atoms with Crippen LogP contribution < -0.4 is 0 Å². The SMILES string of the molecule is Cc1ccc(Cc2ccc(-c3cccc(C)c3C)cc2)cc1. The van der Waals surface area contributed by atoms with Gasteiger partial charge in [0.15, 0.2) is 0 Å². The van der Waals surface area contributed by atoms with Crippen LogP contribution in [0.15, 0.2) is 66.7 Å². The summed E-state index contributed by atoms with van der Waals surface area (Å²) in [5.74, 6) is 0. The number of aryl methyl sites for hydroxylation is 2. The summed E-state index contributed by atoms with van der Waals surface area (Å²) in [4.78, 5) is 0. The van der Waals surface area contributed by atoms with Gasteiger partial charge in [-0.05, 0) is 60.6 Å². The van der Waals surface area contributed by atoms with Gasteiger partial charge in [0.1, 0.15) is 0 Å². The van der Waals surface area contributed by atoms with E-state index < -0.39 is 0 Å². The first-order valence-electron chi connectivity index (χ1n) is 7.84. The van der Waals surface area contributed by atoms with Crippen molar-refractivity contribution in [2.45, 2.75) is 27.2 Å². The molecule has 0 aliphatic carbocycles. The molecule has 0 heterocycles. The lowest BCUT2D eigenvalue weighted by Crippen LogP contribution is -1.90. The summed E-state index contributed by atoms with van der Waals surface area (Å²) in [6, 6.07) is 24.3. The fraction of sp³-hybridized carbons (Fsp3) is 0.182. The zero-order valence-corrected chi connectivity index (χ0v) is 13.6. The van der Waals surface area contributed by atoms with E-state index in [1.165, 1.54) is 38.9 Å². The number of rotatable bonds is 3. The first-order chi connectivity index (χ1) is 10.6. The van der Waals surface area contributed by atoms with E-state index in [9.17, 15) is 0 Å². The fourth-order valence-electron chi connectivity index (χ4n) is 2.81. The number of hydrogen-bond donors (Lipinski definition) is 0. The summed E-state index contributed by atoms with van der Waals surface area (Å²) in [6.07, 6.45) is 0.993. The second kappa shape index (κ2) is 6.19. The third kappa shape index (κ3) is 3.12. The lowest BCUT2D eigenvalue weighted by atomic mass is 9.95. The van der Waals surface area contributed by atoms with Crippen molar-refractivity contribution in [3.8, 4) is 11.1 Å². The van der Waals surface area contributed by atoms with Crippen LogP contribution in [0.4, 0.5) is 0 Å². The highest BCUT2D eigenvalue weighted by Crippen LogP contribution is 2.26. The summed E-state index contributed by atoms with van der Waals surface area (Å²) >= 11 is 0. The van der Waals surface area contributed by atoms with Gasteiger partial charge in [0.2, 0.25) is 0 Å².